The van der Waals surface area contributed by atoms with Crippen LogP contribution in [0.4, 0.5) is 0 Å². The highest BCUT2D eigenvalue weighted by Crippen LogP contribution is 2.29. The normalized spacial score (nSPS) is 18.8. The minimum atomic E-state index is -0.473. The first-order valence-electron chi connectivity index (χ1n) is 7.32. The van der Waals surface area contributed by atoms with Gasteiger partial charge in [0, 0.05) is 13.1 Å². The van der Waals surface area contributed by atoms with Crippen molar-refractivity contribution in [3.63, 3.8) is 0 Å². The molecule has 1 aliphatic rings. The number of aryl methyl sites for hydroxylation is 1. The predicted molar refractivity (Wildman–Crippen MR) is 76.2 cm³/mol. The Kier molecular flexibility index (Phi) is 4.26. The summed E-state index contributed by atoms with van der Waals surface area (Å²) in [6.45, 7) is 4.34. The molecule has 2 aromatic heterocycles. The van der Waals surface area contributed by atoms with Crippen LogP contribution in [0, 0.1) is 12.8 Å². The lowest BCUT2D eigenvalue weighted by atomic mass is 9.89. The summed E-state index contributed by atoms with van der Waals surface area (Å²) >= 11 is 0. The maximum Gasteiger partial charge on any atom is 0.230 e. The zero-order valence-electron chi connectivity index (χ0n) is 12.1. The van der Waals surface area contributed by atoms with Gasteiger partial charge in [-0.15, -0.1) is 10.2 Å². The molecule has 3 rings (SSSR count). The molecule has 0 spiro atoms. The van der Waals surface area contributed by atoms with Gasteiger partial charge in [-0.3, -0.25) is 9.88 Å². The number of rotatable bonds is 4. The van der Waals surface area contributed by atoms with E-state index < -0.39 is 6.10 Å². The number of piperidine rings is 1. The van der Waals surface area contributed by atoms with Crippen molar-refractivity contribution in [3.8, 4) is 0 Å². The third-order valence-electron chi connectivity index (χ3n) is 4.00. The molecule has 0 aliphatic carbocycles. The Labute approximate surface area is 123 Å². The minimum Gasteiger partial charge on any atom is -0.424 e. The molecule has 6 heteroatoms. The molecule has 0 aromatic carbocycles. The Morgan fingerprint density at radius 1 is 1.33 bits per heavy atom. The number of aliphatic hydroxyl groups is 1. The SMILES string of the molecule is Cc1nnc(CN2CCC([C@H](O)c3ccccn3)CC2)o1. The van der Waals surface area contributed by atoms with Gasteiger partial charge in [0.15, 0.2) is 0 Å². The Morgan fingerprint density at radius 3 is 2.76 bits per heavy atom. The molecule has 0 amide bonds. The van der Waals surface area contributed by atoms with E-state index in [1.165, 1.54) is 0 Å². The third-order valence-corrected chi connectivity index (χ3v) is 4.00. The summed E-state index contributed by atoms with van der Waals surface area (Å²) in [5.74, 6) is 1.53. The number of nitrogens with zero attached hydrogens (tertiary/aromatic N) is 4. The molecule has 1 fully saturated rings. The lowest BCUT2D eigenvalue weighted by Gasteiger charge is -2.33. The van der Waals surface area contributed by atoms with E-state index >= 15 is 0 Å². The number of pyridine rings is 1. The van der Waals surface area contributed by atoms with Crippen LogP contribution in [0.2, 0.25) is 0 Å². The first kappa shape index (κ1) is 14.2. The molecule has 0 bridgehead atoms. The summed E-state index contributed by atoms with van der Waals surface area (Å²) in [6.07, 6.45) is 3.15. The molecule has 112 valence electrons. The summed E-state index contributed by atoms with van der Waals surface area (Å²) in [7, 11) is 0. The summed E-state index contributed by atoms with van der Waals surface area (Å²) < 4.78 is 5.41. The Hall–Kier alpha value is -1.79. The Morgan fingerprint density at radius 2 is 2.14 bits per heavy atom. The van der Waals surface area contributed by atoms with Gasteiger partial charge in [0.25, 0.3) is 0 Å². The molecular weight excluding hydrogens is 268 g/mol. The van der Waals surface area contributed by atoms with Crippen molar-refractivity contribution < 1.29 is 9.52 Å². The van der Waals surface area contributed by atoms with E-state index in [0.717, 1.165) is 31.6 Å². The van der Waals surface area contributed by atoms with Gasteiger partial charge in [-0.2, -0.15) is 0 Å². The van der Waals surface area contributed by atoms with Crippen molar-refractivity contribution in [3.05, 3.63) is 41.9 Å². The molecule has 3 heterocycles. The fourth-order valence-corrected chi connectivity index (χ4v) is 2.81. The Bertz CT molecular complexity index is 564. The lowest BCUT2D eigenvalue weighted by Crippen LogP contribution is -2.35. The van der Waals surface area contributed by atoms with Crippen LogP contribution in [0.1, 0.15) is 36.4 Å². The first-order chi connectivity index (χ1) is 10.2. The highest BCUT2D eigenvalue weighted by atomic mass is 16.4. The first-order valence-corrected chi connectivity index (χ1v) is 7.32. The summed E-state index contributed by atoms with van der Waals surface area (Å²) in [5.41, 5.74) is 0.767. The largest absolute Gasteiger partial charge is 0.424 e. The van der Waals surface area contributed by atoms with Crippen molar-refractivity contribution >= 4 is 0 Å². The monoisotopic (exact) mass is 288 g/mol. The zero-order chi connectivity index (χ0) is 14.7. The van der Waals surface area contributed by atoms with E-state index in [2.05, 4.69) is 20.1 Å². The highest BCUT2D eigenvalue weighted by molar-refractivity contribution is 5.08. The second-order valence-corrected chi connectivity index (χ2v) is 5.53. The second kappa shape index (κ2) is 6.32. The minimum absolute atomic E-state index is 0.264. The molecule has 1 N–H and O–H groups in total. The molecular formula is C15H20N4O2. The molecule has 1 saturated heterocycles. The maximum absolute atomic E-state index is 10.4. The van der Waals surface area contributed by atoms with Crippen molar-refractivity contribution in [2.75, 3.05) is 13.1 Å². The van der Waals surface area contributed by atoms with Gasteiger partial charge in [0.05, 0.1) is 18.3 Å². The van der Waals surface area contributed by atoms with Gasteiger partial charge < -0.3 is 9.52 Å². The fraction of sp³-hybridized carbons (Fsp3) is 0.533. The number of aromatic nitrogens is 3. The molecule has 6 nitrogen and oxygen atoms in total. The van der Waals surface area contributed by atoms with Crippen molar-refractivity contribution in [2.45, 2.75) is 32.4 Å². The van der Waals surface area contributed by atoms with Gasteiger partial charge >= 0.3 is 0 Å². The van der Waals surface area contributed by atoms with E-state index in [9.17, 15) is 5.11 Å². The molecule has 21 heavy (non-hydrogen) atoms. The zero-order valence-corrected chi connectivity index (χ0v) is 12.1. The second-order valence-electron chi connectivity index (χ2n) is 5.53. The van der Waals surface area contributed by atoms with E-state index in [-0.39, 0.29) is 5.92 Å². The summed E-state index contributed by atoms with van der Waals surface area (Å²) in [6, 6.07) is 5.67. The van der Waals surface area contributed by atoms with E-state index in [1.807, 2.05) is 18.2 Å². The van der Waals surface area contributed by atoms with Gasteiger partial charge in [0.2, 0.25) is 11.8 Å². The van der Waals surface area contributed by atoms with Crippen molar-refractivity contribution in [1.29, 1.82) is 0 Å². The van der Waals surface area contributed by atoms with Crippen LogP contribution in [-0.4, -0.2) is 38.3 Å². The molecule has 0 radical (unpaired) electrons. The smallest absolute Gasteiger partial charge is 0.230 e. The number of aliphatic hydroxyl groups excluding tert-OH is 1. The van der Waals surface area contributed by atoms with E-state index in [4.69, 9.17) is 4.42 Å². The number of hydrogen-bond acceptors (Lipinski definition) is 6. The standard InChI is InChI=1S/C15H20N4O2/c1-11-17-18-14(21-11)10-19-8-5-12(6-9-19)15(20)13-4-2-3-7-16-13/h2-4,7,12,15,20H,5-6,8-10H2,1H3/t15-/m0/s1. The van der Waals surface area contributed by atoms with Gasteiger partial charge in [-0.1, -0.05) is 6.07 Å². The van der Waals surface area contributed by atoms with Crippen LogP contribution in [0.5, 0.6) is 0 Å². The van der Waals surface area contributed by atoms with Crippen LogP contribution in [0.3, 0.4) is 0 Å². The molecule has 1 aliphatic heterocycles. The predicted octanol–water partition coefficient (Wildman–Crippen LogP) is 1.72. The van der Waals surface area contributed by atoms with Crippen LogP contribution >= 0.6 is 0 Å². The topological polar surface area (TPSA) is 75.3 Å². The van der Waals surface area contributed by atoms with Gasteiger partial charge in [-0.05, 0) is 44.0 Å². The third kappa shape index (κ3) is 3.46. The van der Waals surface area contributed by atoms with Crippen molar-refractivity contribution in [2.24, 2.45) is 5.92 Å². The van der Waals surface area contributed by atoms with Gasteiger partial charge in [-0.25, -0.2) is 0 Å². The Balaban J connectivity index is 1.53. The van der Waals surface area contributed by atoms with Gasteiger partial charge in [0.1, 0.15) is 0 Å². The number of hydrogen-bond donors (Lipinski definition) is 1. The number of likely N-dealkylation sites (tertiary alicyclic amines) is 1. The van der Waals surface area contributed by atoms with Crippen LogP contribution in [0.25, 0.3) is 0 Å². The van der Waals surface area contributed by atoms with Crippen LogP contribution in [0.15, 0.2) is 28.8 Å². The van der Waals surface area contributed by atoms with E-state index in [1.54, 1.807) is 13.1 Å². The summed E-state index contributed by atoms with van der Waals surface area (Å²) in [5, 5.41) is 18.3. The van der Waals surface area contributed by atoms with Crippen LogP contribution in [-0.2, 0) is 6.54 Å². The maximum atomic E-state index is 10.4. The average molecular weight is 288 g/mol. The van der Waals surface area contributed by atoms with Crippen LogP contribution < -0.4 is 0 Å². The molecule has 2 aromatic rings. The fourth-order valence-electron chi connectivity index (χ4n) is 2.81. The van der Waals surface area contributed by atoms with Crippen molar-refractivity contribution in [1.82, 2.24) is 20.1 Å². The summed E-state index contributed by atoms with van der Waals surface area (Å²) in [4.78, 5) is 6.53. The molecule has 0 saturated carbocycles. The molecule has 1 atom stereocenters. The quantitative estimate of drug-likeness (QED) is 0.923. The lowest BCUT2D eigenvalue weighted by molar-refractivity contribution is 0.0516. The van der Waals surface area contributed by atoms with E-state index in [0.29, 0.717) is 18.3 Å². The molecule has 0 unspecified atom stereocenters. The highest BCUT2D eigenvalue weighted by Gasteiger charge is 2.27. The average Bonchev–Trinajstić information content (AvgIpc) is 2.93.